The van der Waals surface area contributed by atoms with Crippen LogP contribution in [0, 0.1) is 5.92 Å². The topological polar surface area (TPSA) is 66.6 Å². The summed E-state index contributed by atoms with van der Waals surface area (Å²) >= 11 is 0. The summed E-state index contributed by atoms with van der Waals surface area (Å²) in [6.45, 7) is 6.45. The highest BCUT2D eigenvalue weighted by atomic mass is 35.5. The van der Waals surface area contributed by atoms with Crippen LogP contribution in [0.1, 0.15) is 52.4 Å². The first kappa shape index (κ1) is 19.2. The Morgan fingerprint density at radius 1 is 1.27 bits per heavy atom. The number of hydrogen-bond donors (Lipinski definition) is 1. The number of nitrogens with two attached hydrogens (primary N) is 1. The molecule has 6 heteroatoms. The molecule has 2 heterocycles. The van der Waals surface area contributed by atoms with Gasteiger partial charge in [-0.15, -0.1) is 12.4 Å². The summed E-state index contributed by atoms with van der Waals surface area (Å²) in [5.41, 5.74) is 6.05. The molecule has 2 amide bonds. The highest BCUT2D eigenvalue weighted by Crippen LogP contribution is 2.22. The Labute approximate surface area is 140 Å². The lowest BCUT2D eigenvalue weighted by Crippen LogP contribution is -2.54. The second-order valence-electron chi connectivity index (χ2n) is 6.51. The van der Waals surface area contributed by atoms with Gasteiger partial charge in [0.25, 0.3) is 0 Å². The minimum absolute atomic E-state index is 0. The van der Waals surface area contributed by atoms with Gasteiger partial charge in [-0.1, -0.05) is 20.3 Å². The number of amides is 2. The number of carbonyl (C=O) groups is 2. The molecule has 22 heavy (non-hydrogen) atoms. The Morgan fingerprint density at radius 3 is 2.45 bits per heavy atom. The van der Waals surface area contributed by atoms with Crippen molar-refractivity contribution in [1.29, 1.82) is 0 Å². The standard InChI is InChI=1S/C16H29N3O2.ClH/c1-3-12(2)15(17)16(21)18-10-7-13(8-11-18)19-9-5-4-6-14(19)20;/h12-13,15H,3-11,17H2,1-2H3;1H. The first-order valence-corrected chi connectivity index (χ1v) is 8.38. The average Bonchev–Trinajstić information content (AvgIpc) is 2.53. The summed E-state index contributed by atoms with van der Waals surface area (Å²) < 4.78 is 0. The van der Waals surface area contributed by atoms with Crippen molar-refractivity contribution in [2.24, 2.45) is 11.7 Å². The zero-order valence-corrected chi connectivity index (χ0v) is 14.6. The van der Waals surface area contributed by atoms with Crippen LogP contribution in [-0.2, 0) is 9.59 Å². The maximum absolute atomic E-state index is 12.4. The molecule has 2 fully saturated rings. The molecule has 2 saturated heterocycles. The van der Waals surface area contributed by atoms with Gasteiger partial charge >= 0.3 is 0 Å². The highest BCUT2D eigenvalue weighted by Gasteiger charge is 2.32. The lowest BCUT2D eigenvalue weighted by atomic mass is 9.96. The predicted molar refractivity (Wildman–Crippen MR) is 89.8 cm³/mol. The fourth-order valence-corrected chi connectivity index (χ4v) is 3.32. The third kappa shape index (κ3) is 4.35. The molecule has 0 radical (unpaired) electrons. The lowest BCUT2D eigenvalue weighted by Gasteiger charge is -2.41. The molecule has 2 unspecified atom stereocenters. The first-order valence-electron chi connectivity index (χ1n) is 8.38. The summed E-state index contributed by atoms with van der Waals surface area (Å²) in [5, 5.41) is 0. The fourth-order valence-electron chi connectivity index (χ4n) is 3.32. The largest absolute Gasteiger partial charge is 0.341 e. The zero-order valence-electron chi connectivity index (χ0n) is 13.8. The van der Waals surface area contributed by atoms with Gasteiger partial charge < -0.3 is 15.5 Å². The minimum atomic E-state index is -0.386. The van der Waals surface area contributed by atoms with Gasteiger partial charge in [0.15, 0.2) is 0 Å². The van der Waals surface area contributed by atoms with E-state index in [9.17, 15) is 9.59 Å². The van der Waals surface area contributed by atoms with Gasteiger partial charge in [-0.2, -0.15) is 0 Å². The van der Waals surface area contributed by atoms with Crippen LogP contribution in [0.3, 0.4) is 0 Å². The van der Waals surface area contributed by atoms with Crippen LogP contribution in [0.4, 0.5) is 0 Å². The summed E-state index contributed by atoms with van der Waals surface area (Å²) in [6.07, 6.45) is 5.54. The second kappa shape index (κ2) is 8.73. The number of halogens is 1. The van der Waals surface area contributed by atoms with Crippen LogP contribution in [0.2, 0.25) is 0 Å². The monoisotopic (exact) mass is 331 g/mol. The molecule has 5 nitrogen and oxygen atoms in total. The number of nitrogens with zero attached hydrogens (tertiary/aromatic N) is 2. The lowest BCUT2D eigenvalue weighted by molar-refractivity contribution is -0.139. The molecule has 0 aromatic carbocycles. The van der Waals surface area contributed by atoms with Crippen molar-refractivity contribution >= 4 is 24.2 Å². The Hall–Kier alpha value is -0.810. The SMILES string of the molecule is CCC(C)C(N)C(=O)N1CCC(N2CCCCC2=O)CC1.Cl. The molecule has 2 N–H and O–H groups in total. The Balaban J connectivity index is 0.00000242. The van der Waals surface area contributed by atoms with Gasteiger partial charge in [0.2, 0.25) is 11.8 Å². The van der Waals surface area contributed by atoms with Crippen molar-refractivity contribution in [3.63, 3.8) is 0 Å². The molecule has 0 bridgehead atoms. The Bertz CT molecular complexity index is 384. The summed E-state index contributed by atoms with van der Waals surface area (Å²) in [4.78, 5) is 28.3. The number of hydrogen-bond acceptors (Lipinski definition) is 3. The van der Waals surface area contributed by atoms with Crippen molar-refractivity contribution < 1.29 is 9.59 Å². The van der Waals surface area contributed by atoms with Crippen LogP contribution in [0.5, 0.6) is 0 Å². The van der Waals surface area contributed by atoms with Crippen LogP contribution >= 0.6 is 12.4 Å². The van der Waals surface area contributed by atoms with Gasteiger partial charge in [-0.05, 0) is 31.6 Å². The third-order valence-electron chi connectivity index (χ3n) is 5.12. The van der Waals surface area contributed by atoms with Crippen LogP contribution in [0.15, 0.2) is 0 Å². The minimum Gasteiger partial charge on any atom is -0.341 e. The summed E-state index contributed by atoms with van der Waals surface area (Å²) in [6, 6.07) is -0.0650. The molecule has 0 aromatic rings. The first-order chi connectivity index (χ1) is 10.0. The molecule has 0 aromatic heterocycles. The second-order valence-corrected chi connectivity index (χ2v) is 6.51. The molecule has 128 valence electrons. The van der Waals surface area contributed by atoms with Crippen LogP contribution in [0.25, 0.3) is 0 Å². The van der Waals surface area contributed by atoms with Crippen molar-refractivity contribution in [3.05, 3.63) is 0 Å². The third-order valence-corrected chi connectivity index (χ3v) is 5.12. The number of likely N-dealkylation sites (tertiary alicyclic amines) is 2. The smallest absolute Gasteiger partial charge is 0.239 e. The van der Waals surface area contributed by atoms with E-state index in [2.05, 4.69) is 6.92 Å². The highest BCUT2D eigenvalue weighted by molar-refractivity contribution is 5.85. The zero-order chi connectivity index (χ0) is 15.4. The molecule has 0 aliphatic carbocycles. The van der Waals surface area contributed by atoms with Gasteiger partial charge in [-0.25, -0.2) is 0 Å². The van der Waals surface area contributed by atoms with E-state index in [4.69, 9.17) is 5.73 Å². The number of piperidine rings is 2. The molecular formula is C16H30ClN3O2. The Morgan fingerprint density at radius 2 is 1.91 bits per heavy atom. The molecule has 0 saturated carbocycles. The van der Waals surface area contributed by atoms with Crippen LogP contribution in [-0.4, -0.2) is 53.3 Å². The van der Waals surface area contributed by atoms with E-state index in [1.165, 1.54) is 0 Å². The van der Waals surface area contributed by atoms with Gasteiger partial charge in [0.05, 0.1) is 6.04 Å². The molecule has 0 spiro atoms. The molecule has 2 aliphatic rings. The quantitative estimate of drug-likeness (QED) is 0.854. The van der Waals surface area contributed by atoms with E-state index in [1.807, 2.05) is 16.7 Å². The predicted octanol–water partition coefficient (Wildman–Crippen LogP) is 1.79. The average molecular weight is 332 g/mol. The maximum atomic E-state index is 12.4. The number of rotatable bonds is 4. The van der Waals surface area contributed by atoms with Crippen molar-refractivity contribution in [1.82, 2.24) is 9.80 Å². The van der Waals surface area contributed by atoms with E-state index in [0.717, 1.165) is 51.7 Å². The molecule has 2 aliphatic heterocycles. The van der Waals surface area contributed by atoms with Crippen LogP contribution < -0.4 is 5.73 Å². The maximum Gasteiger partial charge on any atom is 0.239 e. The summed E-state index contributed by atoms with van der Waals surface area (Å²) in [5.74, 6) is 0.592. The van der Waals surface area contributed by atoms with E-state index in [1.54, 1.807) is 0 Å². The fraction of sp³-hybridized carbons (Fsp3) is 0.875. The normalized spacial score (nSPS) is 23.0. The van der Waals surface area contributed by atoms with E-state index >= 15 is 0 Å². The van der Waals surface area contributed by atoms with Gasteiger partial charge in [0.1, 0.15) is 0 Å². The molecule has 2 atom stereocenters. The molecule has 2 rings (SSSR count). The van der Waals surface area contributed by atoms with E-state index in [0.29, 0.717) is 18.4 Å². The van der Waals surface area contributed by atoms with Gasteiger partial charge in [0, 0.05) is 32.1 Å². The van der Waals surface area contributed by atoms with E-state index in [-0.39, 0.29) is 30.3 Å². The van der Waals surface area contributed by atoms with Crippen molar-refractivity contribution in [3.8, 4) is 0 Å². The Kier molecular flexibility index (Phi) is 7.63. The van der Waals surface area contributed by atoms with Crippen molar-refractivity contribution in [2.45, 2.75) is 64.5 Å². The van der Waals surface area contributed by atoms with Crippen molar-refractivity contribution in [2.75, 3.05) is 19.6 Å². The number of carbonyl (C=O) groups excluding carboxylic acids is 2. The van der Waals surface area contributed by atoms with Gasteiger partial charge in [-0.3, -0.25) is 9.59 Å². The molecular weight excluding hydrogens is 302 g/mol. The summed E-state index contributed by atoms with van der Waals surface area (Å²) in [7, 11) is 0. The van der Waals surface area contributed by atoms with E-state index < -0.39 is 0 Å².